The van der Waals surface area contributed by atoms with Crippen LogP contribution in [0.15, 0.2) is 35.3 Å². The van der Waals surface area contributed by atoms with Gasteiger partial charge in [0.2, 0.25) is 0 Å². The van der Waals surface area contributed by atoms with Crippen molar-refractivity contribution in [3.63, 3.8) is 0 Å². The van der Waals surface area contributed by atoms with Crippen molar-refractivity contribution in [1.29, 1.82) is 0 Å². The molecule has 1 aromatic rings. The van der Waals surface area contributed by atoms with Crippen molar-refractivity contribution >= 4 is 5.96 Å². The molecule has 0 saturated carbocycles. The number of likely N-dealkylation sites (N-methyl/N-ethyl adjacent to an activating group) is 1. The first-order valence-corrected chi connectivity index (χ1v) is 6.88. The number of rotatable bonds is 2. The summed E-state index contributed by atoms with van der Waals surface area (Å²) in [7, 11) is 2.17. The minimum Gasteiger partial charge on any atom is -0.370 e. The van der Waals surface area contributed by atoms with Crippen molar-refractivity contribution in [2.24, 2.45) is 10.7 Å². The number of hydrogen-bond acceptors (Lipinski definition) is 2. The average molecular weight is 260 g/mol. The fourth-order valence-corrected chi connectivity index (χ4v) is 2.45. The van der Waals surface area contributed by atoms with Crippen molar-refractivity contribution in [3.05, 3.63) is 35.9 Å². The van der Waals surface area contributed by atoms with E-state index in [4.69, 9.17) is 5.73 Å². The number of nitrogens with two attached hydrogens (primary N) is 1. The molecule has 1 fully saturated rings. The van der Waals surface area contributed by atoms with Crippen molar-refractivity contribution < 1.29 is 0 Å². The van der Waals surface area contributed by atoms with Crippen LogP contribution in [0.5, 0.6) is 0 Å². The second-order valence-electron chi connectivity index (χ2n) is 5.43. The van der Waals surface area contributed by atoms with Gasteiger partial charge in [-0.3, -0.25) is 4.90 Å². The van der Waals surface area contributed by atoms with Gasteiger partial charge in [0.15, 0.2) is 5.96 Å². The normalized spacial score (nSPS) is 25.6. The predicted molar refractivity (Wildman–Crippen MR) is 80.0 cm³/mol. The number of piperazine rings is 1. The van der Waals surface area contributed by atoms with E-state index in [0.717, 1.165) is 13.1 Å². The van der Waals surface area contributed by atoms with Crippen molar-refractivity contribution in [3.8, 4) is 0 Å². The maximum atomic E-state index is 6.12. The number of aliphatic imine (C=N–C) groups is 1. The van der Waals surface area contributed by atoms with E-state index >= 15 is 0 Å². The second kappa shape index (κ2) is 6.06. The lowest BCUT2D eigenvalue weighted by Gasteiger charge is -2.42. The number of hydrogen-bond donors (Lipinski definition) is 1. The van der Waals surface area contributed by atoms with Gasteiger partial charge in [-0.15, -0.1) is 0 Å². The first kappa shape index (κ1) is 13.9. The Morgan fingerprint density at radius 3 is 2.37 bits per heavy atom. The molecule has 0 spiro atoms. The van der Waals surface area contributed by atoms with E-state index in [2.05, 4.69) is 47.8 Å². The molecule has 0 unspecified atom stereocenters. The largest absolute Gasteiger partial charge is 0.370 e. The van der Waals surface area contributed by atoms with E-state index in [-0.39, 0.29) is 0 Å². The Kier molecular flexibility index (Phi) is 4.43. The minimum absolute atomic E-state index is 0.509. The van der Waals surface area contributed by atoms with Gasteiger partial charge in [-0.1, -0.05) is 30.3 Å². The SMILES string of the molecule is C[C@@H]1CN(C(N)=NCc2ccccc2)C[C@H](C)N1C. The predicted octanol–water partition coefficient (Wildman–Crippen LogP) is 1.53. The quantitative estimate of drug-likeness (QED) is 0.648. The molecule has 1 aliphatic heterocycles. The molecular weight excluding hydrogens is 236 g/mol. The zero-order valence-corrected chi connectivity index (χ0v) is 12.1. The molecule has 19 heavy (non-hydrogen) atoms. The summed E-state index contributed by atoms with van der Waals surface area (Å²) in [6.07, 6.45) is 0. The van der Waals surface area contributed by atoms with Crippen LogP contribution in [0.1, 0.15) is 19.4 Å². The van der Waals surface area contributed by atoms with Gasteiger partial charge in [-0.2, -0.15) is 0 Å². The molecule has 1 aromatic carbocycles. The zero-order chi connectivity index (χ0) is 13.8. The maximum Gasteiger partial charge on any atom is 0.191 e. The molecule has 2 rings (SSSR count). The number of nitrogens with zero attached hydrogens (tertiary/aromatic N) is 3. The third-order valence-corrected chi connectivity index (χ3v) is 3.95. The Hall–Kier alpha value is -1.55. The molecular formula is C15H24N4. The maximum absolute atomic E-state index is 6.12. The Morgan fingerprint density at radius 1 is 1.21 bits per heavy atom. The van der Waals surface area contributed by atoms with E-state index in [0.29, 0.717) is 24.6 Å². The Balaban J connectivity index is 1.97. The Labute approximate surface area is 115 Å². The summed E-state index contributed by atoms with van der Waals surface area (Å²) in [6.45, 7) is 7.01. The van der Waals surface area contributed by atoms with Crippen LogP contribution in [0, 0.1) is 0 Å². The van der Waals surface area contributed by atoms with E-state index in [1.54, 1.807) is 0 Å². The summed E-state index contributed by atoms with van der Waals surface area (Å²) in [4.78, 5) is 9.10. The highest BCUT2D eigenvalue weighted by Gasteiger charge is 2.27. The van der Waals surface area contributed by atoms with E-state index in [1.165, 1.54) is 5.56 Å². The van der Waals surface area contributed by atoms with Crippen LogP contribution in [0.4, 0.5) is 0 Å². The fourth-order valence-electron chi connectivity index (χ4n) is 2.45. The summed E-state index contributed by atoms with van der Waals surface area (Å²) >= 11 is 0. The summed E-state index contributed by atoms with van der Waals surface area (Å²) in [6, 6.07) is 11.2. The molecule has 0 aromatic heterocycles. The average Bonchev–Trinajstić information content (AvgIpc) is 2.42. The highest BCUT2D eigenvalue weighted by molar-refractivity contribution is 5.78. The molecule has 1 saturated heterocycles. The minimum atomic E-state index is 0.509. The van der Waals surface area contributed by atoms with E-state index in [9.17, 15) is 0 Å². The van der Waals surface area contributed by atoms with Gasteiger partial charge < -0.3 is 10.6 Å². The molecule has 2 atom stereocenters. The number of guanidine groups is 1. The highest BCUT2D eigenvalue weighted by atomic mass is 15.3. The number of benzene rings is 1. The standard InChI is InChI=1S/C15H24N4/c1-12-10-19(11-13(2)18(12)3)15(16)17-9-14-7-5-4-6-8-14/h4-8,12-13H,9-11H2,1-3H3,(H2,16,17)/t12-,13+. The second-order valence-corrected chi connectivity index (χ2v) is 5.43. The molecule has 2 N–H and O–H groups in total. The third kappa shape index (κ3) is 3.47. The van der Waals surface area contributed by atoms with Crippen LogP contribution in [-0.2, 0) is 6.54 Å². The monoisotopic (exact) mass is 260 g/mol. The van der Waals surface area contributed by atoms with Gasteiger partial charge in [-0.25, -0.2) is 4.99 Å². The van der Waals surface area contributed by atoms with Crippen LogP contribution in [0.2, 0.25) is 0 Å². The Morgan fingerprint density at radius 2 is 1.79 bits per heavy atom. The van der Waals surface area contributed by atoms with E-state index < -0.39 is 0 Å². The topological polar surface area (TPSA) is 44.9 Å². The zero-order valence-electron chi connectivity index (χ0n) is 12.1. The molecule has 0 aliphatic carbocycles. The van der Waals surface area contributed by atoms with Gasteiger partial charge in [-0.05, 0) is 26.5 Å². The molecule has 4 nitrogen and oxygen atoms in total. The third-order valence-electron chi connectivity index (χ3n) is 3.95. The van der Waals surface area contributed by atoms with Crippen LogP contribution in [-0.4, -0.2) is 48.0 Å². The van der Waals surface area contributed by atoms with Crippen molar-refractivity contribution in [2.75, 3.05) is 20.1 Å². The van der Waals surface area contributed by atoms with Crippen LogP contribution < -0.4 is 5.73 Å². The molecule has 0 bridgehead atoms. The molecule has 1 aliphatic rings. The summed E-state index contributed by atoms with van der Waals surface area (Å²) < 4.78 is 0. The van der Waals surface area contributed by atoms with Crippen LogP contribution in [0.25, 0.3) is 0 Å². The molecule has 0 radical (unpaired) electrons. The Bertz CT molecular complexity index is 417. The van der Waals surface area contributed by atoms with Crippen LogP contribution >= 0.6 is 0 Å². The van der Waals surface area contributed by atoms with Gasteiger partial charge in [0, 0.05) is 25.2 Å². The first-order valence-electron chi connectivity index (χ1n) is 6.88. The molecule has 104 valence electrons. The summed E-state index contributed by atoms with van der Waals surface area (Å²) in [5.74, 6) is 0.663. The summed E-state index contributed by atoms with van der Waals surface area (Å²) in [5, 5.41) is 0. The molecule has 4 heteroatoms. The van der Waals surface area contributed by atoms with Crippen LogP contribution in [0.3, 0.4) is 0 Å². The van der Waals surface area contributed by atoms with Crippen molar-refractivity contribution in [2.45, 2.75) is 32.5 Å². The lowest BCUT2D eigenvalue weighted by atomic mass is 10.1. The van der Waals surface area contributed by atoms with E-state index in [1.807, 2.05) is 18.2 Å². The highest BCUT2D eigenvalue weighted by Crippen LogP contribution is 2.13. The first-order chi connectivity index (χ1) is 9.08. The molecule has 1 heterocycles. The lowest BCUT2D eigenvalue weighted by molar-refractivity contribution is 0.0980. The van der Waals surface area contributed by atoms with Gasteiger partial charge in [0.05, 0.1) is 6.54 Å². The van der Waals surface area contributed by atoms with Gasteiger partial charge >= 0.3 is 0 Å². The lowest BCUT2D eigenvalue weighted by Crippen LogP contribution is -2.58. The van der Waals surface area contributed by atoms with Crippen molar-refractivity contribution in [1.82, 2.24) is 9.80 Å². The van der Waals surface area contributed by atoms with Gasteiger partial charge in [0.1, 0.15) is 0 Å². The van der Waals surface area contributed by atoms with Gasteiger partial charge in [0.25, 0.3) is 0 Å². The summed E-state index contributed by atoms with van der Waals surface area (Å²) in [5.41, 5.74) is 7.32. The fraction of sp³-hybridized carbons (Fsp3) is 0.533. The molecule has 0 amide bonds. The smallest absolute Gasteiger partial charge is 0.191 e.